The summed E-state index contributed by atoms with van der Waals surface area (Å²) in [5.74, 6) is 1.90. The Morgan fingerprint density at radius 3 is 2.73 bits per heavy atom. The molecule has 1 aromatic heterocycles. The predicted octanol–water partition coefficient (Wildman–Crippen LogP) is 5.94. The number of carbonyl (C=O) groups excluding carboxylic acids is 1. The van der Waals surface area contributed by atoms with Crippen LogP contribution in [-0.2, 0) is 13.0 Å². The Morgan fingerprint density at radius 2 is 1.88 bits per heavy atom. The Bertz CT molecular complexity index is 1240. The van der Waals surface area contributed by atoms with Crippen molar-refractivity contribution >= 4 is 32.9 Å². The number of fused-ring (bicyclic) bond motifs is 1. The Kier molecular flexibility index (Phi) is 7.79. The first kappa shape index (κ1) is 23.1. The number of benzene rings is 3. The van der Waals surface area contributed by atoms with Gasteiger partial charge in [-0.15, -0.1) is 0 Å². The first-order chi connectivity index (χ1) is 16.1. The fraction of sp³-hybridized carbons (Fsp3) is 0.259. The van der Waals surface area contributed by atoms with Gasteiger partial charge in [-0.25, -0.2) is 4.98 Å². The van der Waals surface area contributed by atoms with Gasteiger partial charge >= 0.3 is 0 Å². The summed E-state index contributed by atoms with van der Waals surface area (Å²) in [6.07, 6.45) is 2.51. The van der Waals surface area contributed by atoms with Gasteiger partial charge in [0, 0.05) is 29.5 Å². The van der Waals surface area contributed by atoms with E-state index in [2.05, 4.69) is 50.9 Å². The number of aromatic nitrogens is 2. The second-order valence-electron chi connectivity index (χ2n) is 8.06. The monoisotopic (exact) mass is 505 g/mol. The molecule has 0 aliphatic heterocycles. The molecule has 0 aliphatic carbocycles. The molecule has 3 aromatic carbocycles. The molecule has 33 heavy (non-hydrogen) atoms. The number of hydrogen-bond acceptors (Lipinski definition) is 3. The zero-order valence-corrected chi connectivity index (χ0v) is 20.3. The Hall–Kier alpha value is -3.12. The summed E-state index contributed by atoms with van der Waals surface area (Å²) < 4.78 is 9.11. The zero-order valence-electron chi connectivity index (χ0n) is 18.8. The molecule has 170 valence electrons. The number of nitrogens with one attached hydrogen (secondary N) is 1. The SMILES string of the molecule is Cc1cccc(OCCCn2c(CCCNC(=O)c3cccc(Br)c3)nc3ccccc32)c1. The maximum Gasteiger partial charge on any atom is 0.251 e. The van der Waals surface area contributed by atoms with Crippen molar-refractivity contribution in [1.82, 2.24) is 14.9 Å². The number of hydrogen-bond donors (Lipinski definition) is 1. The highest BCUT2D eigenvalue weighted by Crippen LogP contribution is 2.18. The van der Waals surface area contributed by atoms with E-state index in [1.165, 1.54) is 5.56 Å². The standard InChI is InChI=1S/C27H28BrN3O2/c1-20-8-4-11-23(18-20)33-17-7-16-31-25-13-3-2-12-24(25)30-26(31)14-6-15-29-27(32)21-9-5-10-22(28)19-21/h2-5,8-13,18-19H,6-7,14-17H2,1H3,(H,29,32). The van der Waals surface area contributed by atoms with Crippen LogP contribution >= 0.6 is 15.9 Å². The van der Waals surface area contributed by atoms with Crippen LogP contribution in [0.1, 0.15) is 34.6 Å². The second kappa shape index (κ2) is 11.1. The lowest BCUT2D eigenvalue weighted by atomic mass is 10.2. The minimum absolute atomic E-state index is 0.0573. The van der Waals surface area contributed by atoms with Gasteiger partial charge in [-0.1, -0.05) is 46.3 Å². The first-order valence-electron chi connectivity index (χ1n) is 11.3. The molecule has 0 bridgehead atoms. The average Bonchev–Trinajstić information content (AvgIpc) is 3.17. The van der Waals surface area contributed by atoms with Crippen molar-refractivity contribution in [2.75, 3.05) is 13.2 Å². The number of amides is 1. The lowest BCUT2D eigenvalue weighted by Gasteiger charge is -2.11. The quantitative estimate of drug-likeness (QED) is 0.271. The van der Waals surface area contributed by atoms with Crippen LogP contribution in [0.25, 0.3) is 11.0 Å². The maximum absolute atomic E-state index is 12.4. The highest BCUT2D eigenvalue weighted by molar-refractivity contribution is 9.10. The molecule has 1 heterocycles. The molecule has 0 aliphatic rings. The van der Waals surface area contributed by atoms with Gasteiger partial charge in [-0.3, -0.25) is 4.79 Å². The van der Waals surface area contributed by atoms with Gasteiger partial charge in [0.05, 0.1) is 17.6 Å². The normalized spacial score (nSPS) is 11.0. The third-order valence-corrected chi connectivity index (χ3v) is 5.96. The second-order valence-corrected chi connectivity index (χ2v) is 8.97. The van der Waals surface area contributed by atoms with Gasteiger partial charge in [-0.2, -0.15) is 0 Å². The number of para-hydroxylation sites is 2. The Morgan fingerprint density at radius 1 is 1.03 bits per heavy atom. The van der Waals surface area contributed by atoms with Crippen molar-refractivity contribution in [3.63, 3.8) is 0 Å². The van der Waals surface area contributed by atoms with Crippen molar-refractivity contribution in [3.8, 4) is 5.75 Å². The third kappa shape index (κ3) is 6.23. The Balaban J connectivity index is 1.33. The topological polar surface area (TPSA) is 56.1 Å². The highest BCUT2D eigenvalue weighted by atomic mass is 79.9. The van der Waals surface area contributed by atoms with E-state index >= 15 is 0 Å². The van der Waals surface area contributed by atoms with Crippen molar-refractivity contribution in [3.05, 3.63) is 94.2 Å². The van der Waals surface area contributed by atoms with E-state index in [0.29, 0.717) is 18.7 Å². The molecule has 4 rings (SSSR count). The molecule has 6 heteroatoms. The number of imidazole rings is 1. The van der Waals surface area contributed by atoms with Gasteiger partial charge < -0.3 is 14.6 Å². The van der Waals surface area contributed by atoms with Gasteiger partial charge in [-0.05, 0) is 67.8 Å². The number of halogens is 1. The molecule has 5 nitrogen and oxygen atoms in total. The van der Waals surface area contributed by atoms with Crippen molar-refractivity contribution in [1.29, 1.82) is 0 Å². The minimum Gasteiger partial charge on any atom is -0.494 e. The van der Waals surface area contributed by atoms with Crippen LogP contribution in [0.15, 0.2) is 77.3 Å². The summed E-state index contributed by atoms with van der Waals surface area (Å²) in [5.41, 5.74) is 4.00. The molecule has 0 unspecified atom stereocenters. The van der Waals surface area contributed by atoms with Crippen molar-refractivity contribution in [2.45, 2.75) is 32.7 Å². The molecule has 0 fully saturated rings. The first-order valence-corrected chi connectivity index (χ1v) is 12.1. The van der Waals surface area contributed by atoms with Gasteiger partial charge in [0.15, 0.2) is 0 Å². The van der Waals surface area contributed by atoms with Crippen LogP contribution in [0.4, 0.5) is 0 Å². The number of aryl methyl sites for hydroxylation is 3. The summed E-state index contributed by atoms with van der Waals surface area (Å²) in [5, 5.41) is 3.01. The fourth-order valence-corrected chi connectivity index (χ4v) is 4.26. The Labute approximate surface area is 202 Å². The van der Waals surface area contributed by atoms with E-state index in [1.54, 1.807) is 0 Å². The van der Waals surface area contributed by atoms with E-state index in [0.717, 1.165) is 52.9 Å². The molecule has 0 atom stereocenters. The van der Waals surface area contributed by atoms with E-state index in [-0.39, 0.29) is 5.91 Å². The summed E-state index contributed by atoms with van der Waals surface area (Å²) in [6, 6.07) is 23.8. The number of nitrogens with zero attached hydrogens (tertiary/aromatic N) is 2. The average molecular weight is 506 g/mol. The predicted molar refractivity (Wildman–Crippen MR) is 136 cm³/mol. The lowest BCUT2D eigenvalue weighted by molar-refractivity contribution is 0.0953. The van der Waals surface area contributed by atoms with Gasteiger partial charge in [0.2, 0.25) is 0 Å². The smallest absolute Gasteiger partial charge is 0.251 e. The van der Waals surface area contributed by atoms with Gasteiger partial charge in [0.25, 0.3) is 5.91 Å². The molecule has 0 radical (unpaired) electrons. The maximum atomic E-state index is 12.4. The molecule has 0 spiro atoms. The van der Waals surface area contributed by atoms with Crippen LogP contribution in [0.5, 0.6) is 5.75 Å². The van der Waals surface area contributed by atoms with E-state index in [1.807, 2.05) is 54.6 Å². The van der Waals surface area contributed by atoms with E-state index < -0.39 is 0 Å². The number of carbonyl (C=O) groups is 1. The summed E-state index contributed by atoms with van der Waals surface area (Å²) in [4.78, 5) is 17.2. The summed E-state index contributed by atoms with van der Waals surface area (Å²) in [7, 11) is 0. The summed E-state index contributed by atoms with van der Waals surface area (Å²) >= 11 is 3.41. The molecule has 1 amide bonds. The number of rotatable bonds is 10. The molecule has 1 N–H and O–H groups in total. The van der Waals surface area contributed by atoms with Gasteiger partial charge in [0.1, 0.15) is 11.6 Å². The highest BCUT2D eigenvalue weighted by Gasteiger charge is 2.11. The van der Waals surface area contributed by atoms with E-state index in [9.17, 15) is 4.79 Å². The minimum atomic E-state index is -0.0573. The van der Waals surface area contributed by atoms with E-state index in [4.69, 9.17) is 9.72 Å². The molecule has 4 aromatic rings. The van der Waals surface area contributed by atoms with Crippen LogP contribution in [-0.4, -0.2) is 28.6 Å². The third-order valence-electron chi connectivity index (χ3n) is 5.47. The number of ether oxygens (including phenoxy) is 1. The molecule has 0 saturated carbocycles. The lowest BCUT2D eigenvalue weighted by Crippen LogP contribution is -2.25. The van der Waals surface area contributed by atoms with Crippen molar-refractivity contribution in [2.24, 2.45) is 0 Å². The van der Waals surface area contributed by atoms with Crippen molar-refractivity contribution < 1.29 is 9.53 Å². The zero-order chi connectivity index (χ0) is 23.0. The largest absolute Gasteiger partial charge is 0.494 e. The molecular formula is C27H28BrN3O2. The molecule has 0 saturated heterocycles. The fourth-order valence-electron chi connectivity index (χ4n) is 3.86. The summed E-state index contributed by atoms with van der Waals surface area (Å²) in [6.45, 7) is 4.16. The van der Waals surface area contributed by atoms with Crippen LogP contribution in [0.2, 0.25) is 0 Å². The molecular weight excluding hydrogens is 478 g/mol. The van der Waals surface area contributed by atoms with Crippen LogP contribution in [0.3, 0.4) is 0 Å². The van der Waals surface area contributed by atoms with Crippen LogP contribution < -0.4 is 10.1 Å². The van der Waals surface area contributed by atoms with Crippen LogP contribution in [0, 0.1) is 6.92 Å².